The minimum absolute atomic E-state index is 0.0138. The van der Waals surface area contributed by atoms with Gasteiger partial charge in [-0.3, -0.25) is 4.79 Å². The van der Waals surface area contributed by atoms with Gasteiger partial charge in [0.1, 0.15) is 5.82 Å². The molecule has 0 aromatic heterocycles. The third kappa shape index (κ3) is 3.80. The lowest BCUT2D eigenvalue weighted by atomic mass is 10.0. The third-order valence-corrected chi connectivity index (χ3v) is 4.23. The molecule has 1 rings (SSSR count). The van der Waals surface area contributed by atoms with Crippen LogP contribution in [0, 0.1) is 5.82 Å². The molecule has 0 aliphatic heterocycles. The van der Waals surface area contributed by atoms with Crippen molar-refractivity contribution >= 4 is 21.8 Å². The Bertz CT molecular complexity index is 406. The summed E-state index contributed by atoms with van der Waals surface area (Å²) in [5.41, 5.74) is 0.456. The lowest BCUT2D eigenvalue weighted by Crippen LogP contribution is -2.46. The number of likely N-dealkylation sites (N-methyl/N-ethyl adjacent to an activating group) is 1. The summed E-state index contributed by atoms with van der Waals surface area (Å²) in [5.74, 6) is -0.322. The summed E-state index contributed by atoms with van der Waals surface area (Å²) in [4.78, 5) is 13.7. The highest BCUT2D eigenvalue weighted by Gasteiger charge is 2.26. The monoisotopic (exact) mass is 301 g/mol. The highest BCUT2D eigenvalue weighted by atomic mass is 79.9. The number of amides is 1. The molecule has 2 nitrogen and oxygen atoms in total. The number of carbonyl (C=O) groups excluding carboxylic acids is 1. The van der Waals surface area contributed by atoms with E-state index in [2.05, 4.69) is 15.9 Å². The molecule has 0 saturated carbocycles. The highest BCUT2D eigenvalue weighted by molar-refractivity contribution is 9.09. The van der Waals surface area contributed by atoms with Crippen LogP contribution in [0.15, 0.2) is 24.3 Å². The van der Waals surface area contributed by atoms with Gasteiger partial charge in [0.05, 0.1) is 6.42 Å². The zero-order valence-corrected chi connectivity index (χ0v) is 11.9. The second-order valence-corrected chi connectivity index (χ2v) is 5.27. The van der Waals surface area contributed by atoms with Gasteiger partial charge in [-0.05, 0) is 31.5 Å². The first-order valence-corrected chi connectivity index (χ1v) is 6.56. The van der Waals surface area contributed by atoms with E-state index in [-0.39, 0.29) is 23.7 Å². The first-order chi connectivity index (χ1) is 7.86. The summed E-state index contributed by atoms with van der Waals surface area (Å²) in [6.45, 7) is 3.95. The number of benzene rings is 1. The van der Waals surface area contributed by atoms with E-state index in [1.54, 1.807) is 24.1 Å². The van der Waals surface area contributed by atoms with E-state index < -0.39 is 0 Å². The van der Waals surface area contributed by atoms with Gasteiger partial charge in [-0.1, -0.05) is 28.1 Å². The van der Waals surface area contributed by atoms with Gasteiger partial charge in [0.25, 0.3) is 0 Å². The van der Waals surface area contributed by atoms with Gasteiger partial charge in [0.15, 0.2) is 0 Å². The molecule has 1 amide bonds. The molecule has 0 spiro atoms. The Morgan fingerprint density at radius 3 is 2.65 bits per heavy atom. The normalized spacial score (nSPS) is 11.4. The molecule has 1 aromatic carbocycles. The second-order valence-electron chi connectivity index (χ2n) is 4.71. The first-order valence-electron chi connectivity index (χ1n) is 5.44. The van der Waals surface area contributed by atoms with Gasteiger partial charge in [0.2, 0.25) is 5.91 Å². The lowest BCUT2D eigenvalue weighted by molar-refractivity contribution is -0.133. The molecular formula is C13H17BrFNO. The molecule has 0 radical (unpaired) electrons. The van der Waals surface area contributed by atoms with Gasteiger partial charge in [-0.2, -0.15) is 0 Å². The van der Waals surface area contributed by atoms with Crippen LogP contribution in [0.2, 0.25) is 0 Å². The number of halogens is 2. The van der Waals surface area contributed by atoms with Crippen LogP contribution < -0.4 is 0 Å². The average Bonchev–Trinajstić information content (AvgIpc) is 2.28. The molecule has 0 heterocycles. The zero-order chi connectivity index (χ0) is 13.1. The molecule has 0 bridgehead atoms. The predicted molar refractivity (Wildman–Crippen MR) is 70.7 cm³/mol. The van der Waals surface area contributed by atoms with Crippen molar-refractivity contribution in [2.75, 3.05) is 12.4 Å². The summed E-state index contributed by atoms with van der Waals surface area (Å²) in [6, 6.07) is 6.15. The quantitative estimate of drug-likeness (QED) is 0.783. The summed E-state index contributed by atoms with van der Waals surface area (Å²) in [6.07, 6.45) is 0.227. The topological polar surface area (TPSA) is 20.3 Å². The van der Waals surface area contributed by atoms with E-state index in [0.717, 1.165) is 0 Å². The Balaban J connectivity index is 2.73. The largest absolute Gasteiger partial charge is 0.340 e. The first kappa shape index (κ1) is 14.2. The third-order valence-electron chi connectivity index (χ3n) is 2.85. The average molecular weight is 302 g/mol. The van der Waals surface area contributed by atoms with Gasteiger partial charge in [-0.15, -0.1) is 0 Å². The van der Waals surface area contributed by atoms with Crippen molar-refractivity contribution in [2.45, 2.75) is 25.8 Å². The van der Waals surface area contributed by atoms with E-state index >= 15 is 0 Å². The maximum Gasteiger partial charge on any atom is 0.227 e. The van der Waals surface area contributed by atoms with Crippen molar-refractivity contribution in [3.63, 3.8) is 0 Å². The smallest absolute Gasteiger partial charge is 0.227 e. The van der Waals surface area contributed by atoms with Crippen LogP contribution in [-0.4, -0.2) is 28.7 Å². The molecule has 17 heavy (non-hydrogen) atoms. The Kier molecular flexibility index (Phi) is 4.69. The molecule has 0 unspecified atom stereocenters. The second kappa shape index (κ2) is 5.63. The fraction of sp³-hybridized carbons (Fsp3) is 0.462. The van der Waals surface area contributed by atoms with Crippen molar-refractivity contribution < 1.29 is 9.18 Å². The van der Waals surface area contributed by atoms with Crippen molar-refractivity contribution in [3.05, 3.63) is 35.6 Å². The molecule has 0 aliphatic rings. The van der Waals surface area contributed by atoms with Crippen molar-refractivity contribution in [3.8, 4) is 0 Å². The summed E-state index contributed by atoms with van der Waals surface area (Å²) in [5, 5.41) is 0.700. The molecule has 0 fully saturated rings. The lowest BCUT2D eigenvalue weighted by Gasteiger charge is -2.34. The van der Waals surface area contributed by atoms with Crippen LogP contribution >= 0.6 is 15.9 Å². The molecule has 0 N–H and O–H groups in total. The number of hydrogen-bond acceptors (Lipinski definition) is 1. The maximum atomic E-state index is 13.0. The Morgan fingerprint density at radius 2 is 2.12 bits per heavy atom. The van der Waals surface area contributed by atoms with Crippen molar-refractivity contribution in [2.24, 2.45) is 0 Å². The number of carbonyl (C=O) groups is 1. The van der Waals surface area contributed by atoms with Crippen LogP contribution in [0.25, 0.3) is 0 Å². The standard InChI is InChI=1S/C13H17BrFNO/c1-13(2,9-14)16(3)12(17)8-10-5-4-6-11(15)7-10/h4-7H,8-9H2,1-3H3. The summed E-state index contributed by atoms with van der Waals surface area (Å²) >= 11 is 3.38. The van der Waals surface area contributed by atoms with Crippen LogP contribution in [0.1, 0.15) is 19.4 Å². The summed E-state index contributed by atoms with van der Waals surface area (Å²) in [7, 11) is 1.77. The van der Waals surface area contributed by atoms with Gasteiger partial charge < -0.3 is 4.90 Å². The predicted octanol–water partition coefficient (Wildman–Crippen LogP) is 3.00. The van der Waals surface area contributed by atoms with Crippen molar-refractivity contribution in [1.82, 2.24) is 4.90 Å². The molecule has 94 valence electrons. The summed E-state index contributed by atoms with van der Waals surface area (Å²) < 4.78 is 13.0. The number of hydrogen-bond donors (Lipinski definition) is 0. The zero-order valence-electron chi connectivity index (χ0n) is 10.3. The minimum Gasteiger partial charge on any atom is -0.340 e. The van der Waals surface area contributed by atoms with E-state index in [9.17, 15) is 9.18 Å². The molecule has 0 aliphatic carbocycles. The number of nitrogens with zero attached hydrogens (tertiary/aromatic N) is 1. The van der Waals surface area contributed by atoms with E-state index in [1.165, 1.54) is 12.1 Å². The van der Waals surface area contributed by atoms with Gasteiger partial charge >= 0.3 is 0 Å². The Labute approximate surface area is 110 Å². The molecule has 1 aromatic rings. The van der Waals surface area contributed by atoms with Crippen LogP contribution in [0.4, 0.5) is 4.39 Å². The molecule has 0 saturated heterocycles. The maximum absolute atomic E-state index is 13.0. The Hall–Kier alpha value is -0.900. The molecule has 0 atom stereocenters. The fourth-order valence-corrected chi connectivity index (χ4v) is 1.74. The fourth-order valence-electron chi connectivity index (χ4n) is 1.37. The number of alkyl halides is 1. The molecule has 4 heteroatoms. The van der Waals surface area contributed by atoms with Crippen LogP contribution in [-0.2, 0) is 11.2 Å². The minimum atomic E-state index is -0.308. The number of rotatable bonds is 4. The van der Waals surface area contributed by atoms with E-state index in [0.29, 0.717) is 10.9 Å². The van der Waals surface area contributed by atoms with E-state index in [1.807, 2.05) is 13.8 Å². The van der Waals surface area contributed by atoms with Crippen LogP contribution in [0.3, 0.4) is 0 Å². The SMILES string of the molecule is CN(C(=O)Cc1cccc(F)c1)C(C)(C)CBr. The van der Waals surface area contributed by atoms with Gasteiger partial charge in [0, 0.05) is 17.9 Å². The Morgan fingerprint density at radius 1 is 1.47 bits per heavy atom. The van der Waals surface area contributed by atoms with Gasteiger partial charge in [-0.25, -0.2) is 4.39 Å². The van der Waals surface area contributed by atoms with E-state index in [4.69, 9.17) is 0 Å². The van der Waals surface area contributed by atoms with Crippen LogP contribution in [0.5, 0.6) is 0 Å². The molecular weight excluding hydrogens is 285 g/mol. The highest BCUT2D eigenvalue weighted by Crippen LogP contribution is 2.17. The van der Waals surface area contributed by atoms with Crippen molar-refractivity contribution in [1.29, 1.82) is 0 Å².